The monoisotopic (exact) mass is 353 g/mol. The number of amides is 1. The van der Waals surface area contributed by atoms with E-state index in [1.165, 1.54) is 4.70 Å². The summed E-state index contributed by atoms with van der Waals surface area (Å²) >= 11 is 1.68. The second-order valence-electron chi connectivity index (χ2n) is 6.10. The number of aromatic nitrogens is 1. The van der Waals surface area contributed by atoms with Crippen molar-refractivity contribution >= 4 is 32.6 Å². The second kappa shape index (κ2) is 6.72. The molecule has 0 atom stereocenters. The summed E-state index contributed by atoms with van der Waals surface area (Å²) in [5.41, 5.74) is 2.01. The van der Waals surface area contributed by atoms with Gasteiger partial charge in [-0.3, -0.25) is 4.79 Å². The second-order valence-corrected chi connectivity index (χ2v) is 7.10. The predicted molar refractivity (Wildman–Crippen MR) is 100 cm³/mol. The molecule has 5 nitrogen and oxygen atoms in total. The van der Waals surface area contributed by atoms with Gasteiger partial charge in [0.25, 0.3) is 0 Å². The number of carbonyl (C=O) groups excluding carboxylic acids is 1. The van der Waals surface area contributed by atoms with Gasteiger partial charge in [0.2, 0.25) is 5.91 Å². The maximum atomic E-state index is 12.4. The number of thiazole rings is 1. The summed E-state index contributed by atoms with van der Waals surface area (Å²) in [6.07, 6.45) is 0. The van der Waals surface area contributed by atoms with Gasteiger partial charge in [0.05, 0.1) is 23.2 Å². The smallest absolute Gasteiger partial charge is 0.226 e. The molecule has 1 N–H and O–H groups in total. The largest absolute Gasteiger partial charge is 0.496 e. The predicted octanol–water partition coefficient (Wildman–Crippen LogP) is 3.06. The molecule has 0 saturated carbocycles. The zero-order chi connectivity index (χ0) is 17.2. The van der Waals surface area contributed by atoms with Crippen LogP contribution in [0, 0.1) is 5.92 Å². The minimum atomic E-state index is 0.0155. The van der Waals surface area contributed by atoms with Crippen LogP contribution in [-0.2, 0) is 11.3 Å². The zero-order valence-corrected chi connectivity index (χ0v) is 14.8. The number of nitrogens with one attached hydrogen (secondary N) is 1. The fraction of sp³-hybridized carbons (Fsp3) is 0.263. The first kappa shape index (κ1) is 15.9. The standard InChI is InChI=1S/C19H19N3O2S/c1-24-16-8-4-2-6-13(16)10-20-18(23)14-11-22(12-14)19-21-15-7-3-5-9-17(15)25-19/h2-9,14H,10-12H2,1H3,(H,20,23). The summed E-state index contributed by atoms with van der Waals surface area (Å²) in [5.74, 6) is 0.900. The molecule has 1 amide bonds. The number of hydrogen-bond donors (Lipinski definition) is 1. The minimum Gasteiger partial charge on any atom is -0.496 e. The van der Waals surface area contributed by atoms with E-state index in [1.54, 1.807) is 18.4 Å². The van der Waals surface area contributed by atoms with Crippen molar-refractivity contribution < 1.29 is 9.53 Å². The number of ether oxygens (including phenoxy) is 1. The Balaban J connectivity index is 1.33. The molecule has 0 bridgehead atoms. The molecule has 1 aliphatic rings. The molecule has 1 saturated heterocycles. The van der Waals surface area contributed by atoms with E-state index in [2.05, 4.69) is 21.3 Å². The summed E-state index contributed by atoms with van der Waals surface area (Å²) in [6, 6.07) is 15.9. The lowest BCUT2D eigenvalue weighted by Gasteiger charge is -2.38. The fourth-order valence-corrected chi connectivity index (χ4v) is 3.96. The van der Waals surface area contributed by atoms with Crippen molar-refractivity contribution in [3.8, 4) is 5.75 Å². The van der Waals surface area contributed by atoms with Crippen LogP contribution in [0.5, 0.6) is 5.75 Å². The highest BCUT2D eigenvalue weighted by atomic mass is 32.1. The van der Waals surface area contributed by atoms with E-state index in [-0.39, 0.29) is 11.8 Å². The lowest BCUT2D eigenvalue weighted by Crippen LogP contribution is -2.53. The zero-order valence-electron chi connectivity index (χ0n) is 13.9. The number of methoxy groups -OCH3 is 1. The summed E-state index contributed by atoms with van der Waals surface area (Å²) in [4.78, 5) is 19.2. The highest BCUT2D eigenvalue weighted by Gasteiger charge is 2.34. The molecule has 1 aromatic heterocycles. The molecule has 2 aromatic carbocycles. The van der Waals surface area contributed by atoms with E-state index < -0.39 is 0 Å². The molecule has 25 heavy (non-hydrogen) atoms. The van der Waals surface area contributed by atoms with Crippen molar-refractivity contribution in [1.82, 2.24) is 10.3 Å². The summed E-state index contributed by atoms with van der Waals surface area (Å²) in [7, 11) is 1.64. The Labute approximate surface area is 150 Å². The normalized spacial score (nSPS) is 14.4. The van der Waals surface area contributed by atoms with Crippen LogP contribution in [0.15, 0.2) is 48.5 Å². The number of rotatable bonds is 5. The van der Waals surface area contributed by atoms with Gasteiger partial charge in [0.15, 0.2) is 5.13 Å². The van der Waals surface area contributed by atoms with Gasteiger partial charge < -0.3 is 15.0 Å². The van der Waals surface area contributed by atoms with Crippen molar-refractivity contribution in [2.24, 2.45) is 5.92 Å². The Kier molecular flexibility index (Phi) is 4.28. The van der Waals surface area contributed by atoms with Crippen molar-refractivity contribution in [2.75, 3.05) is 25.1 Å². The molecule has 2 heterocycles. The molecular weight excluding hydrogens is 334 g/mol. The minimum absolute atomic E-state index is 0.0155. The number of carbonyl (C=O) groups is 1. The third kappa shape index (κ3) is 3.17. The van der Waals surface area contributed by atoms with Gasteiger partial charge in [0, 0.05) is 25.2 Å². The Hall–Kier alpha value is -2.60. The number of fused-ring (bicyclic) bond motifs is 1. The van der Waals surface area contributed by atoms with Gasteiger partial charge in [-0.2, -0.15) is 0 Å². The number of anilines is 1. The van der Waals surface area contributed by atoms with Crippen molar-refractivity contribution in [3.05, 3.63) is 54.1 Å². The van der Waals surface area contributed by atoms with Crippen molar-refractivity contribution in [1.29, 1.82) is 0 Å². The molecule has 4 rings (SSSR count). The fourth-order valence-electron chi connectivity index (χ4n) is 2.97. The van der Waals surface area contributed by atoms with Crippen LogP contribution < -0.4 is 15.0 Å². The molecule has 6 heteroatoms. The molecule has 0 aliphatic carbocycles. The summed E-state index contributed by atoms with van der Waals surface area (Å²) in [5, 5.41) is 4.01. The molecule has 0 radical (unpaired) electrons. The van der Waals surface area contributed by atoms with Crippen molar-refractivity contribution in [2.45, 2.75) is 6.54 Å². The third-order valence-corrected chi connectivity index (χ3v) is 5.55. The highest BCUT2D eigenvalue weighted by molar-refractivity contribution is 7.22. The maximum absolute atomic E-state index is 12.4. The van der Waals surface area contributed by atoms with Gasteiger partial charge in [-0.1, -0.05) is 41.7 Å². The molecule has 3 aromatic rings. The number of nitrogens with zero attached hydrogens (tertiary/aromatic N) is 2. The van der Waals surface area contributed by atoms with Gasteiger partial charge >= 0.3 is 0 Å². The van der Waals surface area contributed by atoms with E-state index >= 15 is 0 Å². The first-order chi connectivity index (χ1) is 12.2. The first-order valence-electron chi connectivity index (χ1n) is 8.24. The van der Waals surface area contributed by atoms with E-state index in [1.807, 2.05) is 42.5 Å². The van der Waals surface area contributed by atoms with Crippen LogP contribution in [0.25, 0.3) is 10.2 Å². The van der Waals surface area contributed by atoms with E-state index in [0.29, 0.717) is 6.54 Å². The van der Waals surface area contributed by atoms with Gasteiger partial charge in [-0.05, 0) is 18.2 Å². The van der Waals surface area contributed by atoms with Crippen LogP contribution in [0.1, 0.15) is 5.56 Å². The van der Waals surface area contributed by atoms with E-state index in [0.717, 1.165) is 35.1 Å². The van der Waals surface area contributed by atoms with Gasteiger partial charge in [0.1, 0.15) is 5.75 Å². The Bertz CT molecular complexity index is 869. The third-order valence-electron chi connectivity index (χ3n) is 4.45. The number of para-hydroxylation sites is 2. The topological polar surface area (TPSA) is 54.5 Å². The van der Waals surface area contributed by atoms with E-state index in [9.17, 15) is 4.79 Å². The molecule has 1 aliphatic heterocycles. The molecule has 128 valence electrons. The number of benzene rings is 2. The van der Waals surface area contributed by atoms with Crippen LogP contribution in [0.2, 0.25) is 0 Å². The van der Waals surface area contributed by atoms with Gasteiger partial charge in [-0.15, -0.1) is 0 Å². The van der Waals surface area contributed by atoms with Crippen LogP contribution in [-0.4, -0.2) is 31.1 Å². The highest BCUT2D eigenvalue weighted by Crippen LogP contribution is 2.32. The van der Waals surface area contributed by atoms with Crippen LogP contribution in [0.4, 0.5) is 5.13 Å². The summed E-state index contributed by atoms with van der Waals surface area (Å²) in [6.45, 7) is 1.93. The van der Waals surface area contributed by atoms with Crippen LogP contribution >= 0.6 is 11.3 Å². The quantitative estimate of drug-likeness (QED) is 0.766. The molecular formula is C19H19N3O2S. The Morgan fingerprint density at radius 2 is 2.00 bits per heavy atom. The lowest BCUT2D eigenvalue weighted by molar-refractivity contribution is -0.125. The van der Waals surface area contributed by atoms with E-state index in [4.69, 9.17) is 4.74 Å². The number of hydrogen-bond acceptors (Lipinski definition) is 5. The average molecular weight is 353 g/mol. The lowest BCUT2D eigenvalue weighted by atomic mass is 10.00. The Morgan fingerprint density at radius 3 is 2.80 bits per heavy atom. The Morgan fingerprint density at radius 1 is 1.24 bits per heavy atom. The molecule has 0 unspecified atom stereocenters. The van der Waals surface area contributed by atoms with Crippen molar-refractivity contribution in [3.63, 3.8) is 0 Å². The average Bonchev–Trinajstić information content (AvgIpc) is 3.02. The summed E-state index contributed by atoms with van der Waals surface area (Å²) < 4.78 is 6.50. The first-order valence-corrected chi connectivity index (χ1v) is 9.06. The SMILES string of the molecule is COc1ccccc1CNC(=O)C1CN(c2nc3ccccc3s2)C1. The molecule has 1 fully saturated rings. The van der Waals surface area contributed by atoms with Gasteiger partial charge in [-0.25, -0.2) is 4.98 Å². The maximum Gasteiger partial charge on any atom is 0.226 e. The van der Waals surface area contributed by atoms with Crippen LogP contribution in [0.3, 0.4) is 0 Å². The molecule has 0 spiro atoms.